The molecule has 4 nitrogen and oxygen atoms in total. The summed E-state index contributed by atoms with van der Waals surface area (Å²) in [6.07, 6.45) is 0. The van der Waals surface area contributed by atoms with Crippen molar-refractivity contribution in [3.63, 3.8) is 0 Å². The van der Waals surface area contributed by atoms with Crippen LogP contribution in [0.3, 0.4) is 0 Å². The molecular weight excluding hydrogens is 262 g/mol. The van der Waals surface area contributed by atoms with Crippen LogP contribution in [0.2, 0.25) is 0 Å². The third-order valence-electron chi connectivity index (χ3n) is 4.55. The Morgan fingerprint density at radius 3 is 2.19 bits per heavy atom. The smallest absolute Gasteiger partial charge is 0.119 e. The molecule has 1 aliphatic rings. The summed E-state index contributed by atoms with van der Waals surface area (Å²) in [4.78, 5) is 5.00. The summed E-state index contributed by atoms with van der Waals surface area (Å²) in [5, 5.41) is 0. The van der Waals surface area contributed by atoms with Gasteiger partial charge < -0.3 is 15.4 Å². The van der Waals surface area contributed by atoms with Gasteiger partial charge in [-0.2, -0.15) is 0 Å². The molecule has 0 aliphatic carbocycles. The van der Waals surface area contributed by atoms with Crippen LogP contribution in [0, 0.1) is 11.8 Å². The maximum absolute atomic E-state index is 5.89. The zero-order chi connectivity index (χ0) is 15.2. The Morgan fingerprint density at radius 2 is 1.71 bits per heavy atom. The van der Waals surface area contributed by atoms with Gasteiger partial charge in [-0.1, -0.05) is 13.8 Å². The average molecular weight is 291 g/mol. The Hall–Kier alpha value is -1.26. The number of piperazine rings is 1. The molecule has 1 saturated heterocycles. The quantitative estimate of drug-likeness (QED) is 0.871. The van der Waals surface area contributed by atoms with Gasteiger partial charge in [0.15, 0.2) is 0 Å². The number of ether oxygens (including phenoxy) is 1. The molecule has 1 fully saturated rings. The zero-order valence-corrected chi connectivity index (χ0v) is 13.6. The number of methoxy groups -OCH3 is 1. The number of rotatable bonds is 6. The molecule has 0 spiro atoms. The minimum Gasteiger partial charge on any atom is -0.497 e. The summed E-state index contributed by atoms with van der Waals surface area (Å²) < 4.78 is 5.21. The first-order valence-electron chi connectivity index (χ1n) is 7.95. The second-order valence-corrected chi connectivity index (χ2v) is 6.23. The van der Waals surface area contributed by atoms with Crippen LogP contribution in [0.4, 0.5) is 5.69 Å². The van der Waals surface area contributed by atoms with Crippen LogP contribution in [0.5, 0.6) is 5.75 Å². The summed E-state index contributed by atoms with van der Waals surface area (Å²) in [6.45, 7) is 10.9. The predicted octanol–water partition coefficient (Wildman–Crippen LogP) is 2.05. The third-order valence-corrected chi connectivity index (χ3v) is 4.55. The number of hydrogen-bond donors (Lipinski definition) is 1. The molecule has 118 valence electrons. The van der Waals surface area contributed by atoms with Crippen LogP contribution in [-0.4, -0.2) is 51.3 Å². The fourth-order valence-corrected chi connectivity index (χ4v) is 2.87. The van der Waals surface area contributed by atoms with Crippen LogP contribution in [0.15, 0.2) is 24.3 Å². The second-order valence-electron chi connectivity index (χ2n) is 6.23. The number of nitrogens with zero attached hydrogens (tertiary/aromatic N) is 2. The van der Waals surface area contributed by atoms with E-state index in [-0.39, 0.29) is 0 Å². The van der Waals surface area contributed by atoms with E-state index in [9.17, 15) is 0 Å². The topological polar surface area (TPSA) is 41.7 Å². The van der Waals surface area contributed by atoms with Crippen molar-refractivity contribution in [3.8, 4) is 5.75 Å². The summed E-state index contributed by atoms with van der Waals surface area (Å²) in [5.74, 6) is 2.19. The normalized spacial score (nSPS) is 18.0. The van der Waals surface area contributed by atoms with Gasteiger partial charge >= 0.3 is 0 Å². The Morgan fingerprint density at radius 1 is 1.10 bits per heavy atom. The van der Waals surface area contributed by atoms with E-state index in [0.717, 1.165) is 45.0 Å². The Kier molecular flexibility index (Phi) is 5.88. The average Bonchev–Trinajstić information content (AvgIpc) is 2.53. The zero-order valence-electron chi connectivity index (χ0n) is 13.6. The summed E-state index contributed by atoms with van der Waals surface area (Å²) in [5.41, 5.74) is 7.17. The van der Waals surface area contributed by atoms with E-state index < -0.39 is 0 Å². The van der Waals surface area contributed by atoms with Crippen molar-refractivity contribution in [3.05, 3.63) is 24.3 Å². The maximum Gasteiger partial charge on any atom is 0.119 e. The molecule has 2 N–H and O–H groups in total. The van der Waals surface area contributed by atoms with Gasteiger partial charge in [-0.05, 0) is 42.6 Å². The molecule has 0 bridgehead atoms. The SMILES string of the molecule is COc1ccc(N2CCN(CC(CN)C(C)C)CC2)cc1. The summed E-state index contributed by atoms with van der Waals surface area (Å²) in [6, 6.07) is 8.35. The molecule has 1 aromatic carbocycles. The molecule has 0 saturated carbocycles. The van der Waals surface area contributed by atoms with E-state index in [2.05, 4.69) is 35.8 Å². The molecule has 1 aliphatic heterocycles. The molecule has 21 heavy (non-hydrogen) atoms. The van der Waals surface area contributed by atoms with E-state index in [1.165, 1.54) is 5.69 Å². The van der Waals surface area contributed by atoms with Crippen LogP contribution in [0.25, 0.3) is 0 Å². The van der Waals surface area contributed by atoms with Gasteiger partial charge in [0.25, 0.3) is 0 Å². The van der Waals surface area contributed by atoms with Gasteiger partial charge in [0, 0.05) is 38.4 Å². The fourth-order valence-electron chi connectivity index (χ4n) is 2.87. The molecule has 1 heterocycles. The molecule has 1 aromatic rings. The predicted molar refractivity (Wildman–Crippen MR) is 89.0 cm³/mol. The third kappa shape index (κ3) is 4.35. The highest BCUT2D eigenvalue weighted by Crippen LogP contribution is 2.21. The van der Waals surface area contributed by atoms with Gasteiger partial charge in [-0.15, -0.1) is 0 Å². The number of benzene rings is 1. The van der Waals surface area contributed by atoms with Crippen molar-refractivity contribution in [1.29, 1.82) is 0 Å². The minimum atomic E-state index is 0.609. The lowest BCUT2D eigenvalue weighted by Crippen LogP contribution is -2.49. The van der Waals surface area contributed by atoms with Gasteiger partial charge in [0.05, 0.1) is 7.11 Å². The van der Waals surface area contributed by atoms with Gasteiger partial charge in [0.2, 0.25) is 0 Å². The molecule has 4 heteroatoms. The van der Waals surface area contributed by atoms with E-state index in [4.69, 9.17) is 10.5 Å². The first kappa shape index (κ1) is 16.1. The molecule has 2 rings (SSSR count). The highest BCUT2D eigenvalue weighted by molar-refractivity contribution is 5.49. The number of anilines is 1. The molecule has 0 radical (unpaired) electrons. The number of hydrogen-bond acceptors (Lipinski definition) is 4. The van der Waals surface area contributed by atoms with Crippen molar-refractivity contribution in [1.82, 2.24) is 4.90 Å². The first-order chi connectivity index (χ1) is 10.1. The number of nitrogens with two attached hydrogens (primary N) is 1. The van der Waals surface area contributed by atoms with Crippen LogP contribution < -0.4 is 15.4 Å². The van der Waals surface area contributed by atoms with Crippen molar-refractivity contribution in [2.24, 2.45) is 17.6 Å². The first-order valence-corrected chi connectivity index (χ1v) is 7.95. The minimum absolute atomic E-state index is 0.609. The largest absolute Gasteiger partial charge is 0.497 e. The van der Waals surface area contributed by atoms with Crippen LogP contribution in [0.1, 0.15) is 13.8 Å². The Labute approximate surface area is 128 Å². The Balaban J connectivity index is 1.84. The highest BCUT2D eigenvalue weighted by Gasteiger charge is 2.21. The molecule has 0 amide bonds. The van der Waals surface area contributed by atoms with Crippen molar-refractivity contribution in [2.45, 2.75) is 13.8 Å². The van der Waals surface area contributed by atoms with E-state index in [1.807, 2.05) is 12.1 Å². The fraction of sp³-hybridized carbons (Fsp3) is 0.647. The van der Waals surface area contributed by atoms with Gasteiger partial charge in [-0.3, -0.25) is 4.90 Å². The lowest BCUT2D eigenvalue weighted by Gasteiger charge is -2.38. The standard InChI is InChI=1S/C17H29N3O/c1-14(2)15(12-18)13-19-8-10-20(11-9-19)16-4-6-17(21-3)7-5-16/h4-7,14-15H,8-13,18H2,1-3H3. The molecule has 1 unspecified atom stereocenters. The molecule has 1 atom stereocenters. The van der Waals surface area contributed by atoms with Crippen molar-refractivity contribution < 1.29 is 4.74 Å². The van der Waals surface area contributed by atoms with Crippen LogP contribution in [-0.2, 0) is 0 Å². The second kappa shape index (κ2) is 7.66. The lowest BCUT2D eigenvalue weighted by molar-refractivity contribution is 0.195. The van der Waals surface area contributed by atoms with E-state index in [1.54, 1.807) is 7.11 Å². The monoisotopic (exact) mass is 291 g/mol. The van der Waals surface area contributed by atoms with Crippen molar-refractivity contribution in [2.75, 3.05) is 51.3 Å². The van der Waals surface area contributed by atoms with Crippen molar-refractivity contribution >= 4 is 5.69 Å². The molecule has 0 aromatic heterocycles. The van der Waals surface area contributed by atoms with Gasteiger partial charge in [0.1, 0.15) is 5.75 Å². The van der Waals surface area contributed by atoms with Crippen LogP contribution >= 0.6 is 0 Å². The molecular formula is C17H29N3O. The summed E-state index contributed by atoms with van der Waals surface area (Å²) >= 11 is 0. The van der Waals surface area contributed by atoms with E-state index >= 15 is 0 Å². The van der Waals surface area contributed by atoms with Gasteiger partial charge in [-0.25, -0.2) is 0 Å². The highest BCUT2D eigenvalue weighted by atomic mass is 16.5. The lowest BCUT2D eigenvalue weighted by atomic mass is 9.95. The Bertz CT molecular complexity index is 411. The maximum atomic E-state index is 5.89. The summed E-state index contributed by atoms with van der Waals surface area (Å²) in [7, 11) is 1.70. The van der Waals surface area contributed by atoms with E-state index in [0.29, 0.717) is 11.8 Å².